The van der Waals surface area contributed by atoms with Gasteiger partial charge in [-0.1, -0.05) is 25.5 Å². The van der Waals surface area contributed by atoms with Crippen molar-refractivity contribution in [2.75, 3.05) is 0 Å². The number of phenolic OH excluding ortho intramolecular Hbond substituents is 1. The third kappa shape index (κ3) is 5.25. The molecule has 0 aromatic heterocycles. The molecule has 0 aliphatic carbocycles. The van der Waals surface area contributed by atoms with Crippen molar-refractivity contribution in [3.05, 3.63) is 35.9 Å². The van der Waals surface area contributed by atoms with E-state index in [1.54, 1.807) is 18.2 Å². The summed E-state index contributed by atoms with van der Waals surface area (Å²) in [5.74, 6) is -1.34. The molecule has 1 unspecified atom stereocenters. The van der Waals surface area contributed by atoms with Gasteiger partial charge in [0, 0.05) is 6.08 Å². The number of aliphatic carboxylic acids is 1. The van der Waals surface area contributed by atoms with Crippen LogP contribution in [0.15, 0.2) is 30.3 Å². The molecule has 1 atom stereocenters. The zero-order valence-electron chi connectivity index (χ0n) is 10.7. The van der Waals surface area contributed by atoms with Crippen LogP contribution in [0.1, 0.15) is 25.3 Å². The standard InChI is InChI=1S/C14H17NO4/c1-2-3-12(14(18)19)15-13(17)9-6-10-4-7-11(16)8-5-10/h4-9,12,16H,2-3H2,1H3,(H,15,17)(H,18,19)/b9-6+. The van der Waals surface area contributed by atoms with Crippen molar-refractivity contribution in [2.24, 2.45) is 0 Å². The average molecular weight is 263 g/mol. The number of rotatable bonds is 6. The highest BCUT2D eigenvalue weighted by Crippen LogP contribution is 2.10. The maximum absolute atomic E-state index is 11.6. The van der Waals surface area contributed by atoms with Gasteiger partial charge in [-0.2, -0.15) is 0 Å². The number of carbonyl (C=O) groups excluding carboxylic acids is 1. The lowest BCUT2D eigenvalue weighted by Gasteiger charge is -2.11. The minimum atomic E-state index is -1.03. The van der Waals surface area contributed by atoms with Gasteiger partial charge in [-0.05, 0) is 30.2 Å². The fourth-order valence-electron chi connectivity index (χ4n) is 1.52. The number of phenols is 1. The van der Waals surface area contributed by atoms with Crippen LogP contribution in [0.25, 0.3) is 6.08 Å². The van der Waals surface area contributed by atoms with Crippen molar-refractivity contribution in [2.45, 2.75) is 25.8 Å². The molecular weight excluding hydrogens is 246 g/mol. The van der Waals surface area contributed by atoms with Crippen LogP contribution in [-0.2, 0) is 9.59 Å². The molecule has 0 aliphatic heterocycles. The smallest absolute Gasteiger partial charge is 0.326 e. The minimum absolute atomic E-state index is 0.149. The number of carbonyl (C=O) groups is 2. The summed E-state index contributed by atoms with van der Waals surface area (Å²) in [5, 5.41) is 20.4. The van der Waals surface area contributed by atoms with Crippen LogP contribution in [0.5, 0.6) is 5.75 Å². The van der Waals surface area contributed by atoms with E-state index in [0.717, 1.165) is 5.56 Å². The topological polar surface area (TPSA) is 86.6 Å². The number of hydrogen-bond acceptors (Lipinski definition) is 3. The summed E-state index contributed by atoms with van der Waals surface area (Å²) in [5.41, 5.74) is 0.746. The van der Waals surface area contributed by atoms with Gasteiger partial charge < -0.3 is 15.5 Å². The summed E-state index contributed by atoms with van der Waals surface area (Å²) in [6.45, 7) is 1.86. The van der Waals surface area contributed by atoms with E-state index in [-0.39, 0.29) is 5.75 Å². The largest absolute Gasteiger partial charge is 0.508 e. The summed E-state index contributed by atoms with van der Waals surface area (Å²) in [6, 6.07) is 5.46. The van der Waals surface area contributed by atoms with Gasteiger partial charge in [0.25, 0.3) is 0 Å². The van der Waals surface area contributed by atoms with Crippen LogP contribution in [0.3, 0.4) is 0 Å². The van der Waals surface area contributed by atoms with E-state index in [2.05, 4.69) is 5.32 Å². The molecule has 19 heavy (non-hydrogen) atoms. The first kappa shape index (κ1) is 14.8. The second-order valence-corrected chi connectivity index (χ2v) is 4.11. The predicted molar refractivity (Wildman–Crippen MR) is 71.6 cm³/mol. The maximum atomic E-state index is 11.6. The molecule has 5 heteroatoms. The highest BCUT2D eigenvalue weighted by molar-refractivity contribution is 5.94. The monoisotopic (exact) mass is 263 g/mol. The third-order valence-corrected chi connectivity index (χ3v) is 2.51. The molecule has 1 rings (SSSR count). The van der Waals surface area contributed by atoms with Crippen molar-refractivity contribution in [1.29, 1.82) is 0 Å². The second kappa shape index (κ2) is 7.20. The fourth-order valence-corrected chi connectivity index (χ4v) is 1.52. The Bertz CT molecular complexity index is 465. The highest BCUT2D eigenvalue weighted by atomic mass is 16.4. The van der Waals surface area contributed by atoms with Crippen molar-refractivity contribution in [1.82, 2.24) is 5.32 Å². The Hall–Kier alpha value is -2.30. The Labute approximate surface area is 111 Å². The van der Waals surface area contributed by atoms with Crippen LogP contribution in [0, 0.1) is 0 Å². The second-order valence-electron chi connectivity index (χ2n) is 4.11. The Morgan fingerprint density at radius 2 is 1.95 bits per heavy atom. The first-order chi connectivity index (χ1) is 9.02. The summed E-state index contributed by atoms with van der Waals surface area (Å²) in [6.07, 6.45) is 3.91. The van der Waals surface area contributed by atoms with Crippen LogP contribution in [0.2, 0.25) is 0 Å². The van der Waals surface area contributed by atoms with E-state index in [4.69, 9.17) is 10.2 Å². The summed E-state index contributed by atoms with van der Waals surface area (Å²) < 4.78 is 0. The van der Waals surface area contributed by atoms with E-state index >= 15 is 0 Å². The number of carboxylic acid groups (broad SMARTS) is 1. The summed E-state index contributed by atoms with van der Waals surface area (Å²) in [4.78, 5) is 22.4. The van der Waals surface area contributed by atoms with E-state index in [1.165, 1.54) is 18.2 Å². The summed E-state index contributed by atoms with van der Waals surface area (Å²) in [7, 11) is 0. The molecule has 5 nitrogen and oxygen atoms in total. The van der Waals surface area contributed by atoms with E-state index in [1.807, 2.05) is 6.92 Å². The molecule has 0 spiro atoms. The lowest BCUT2D eigenvalue weighted by atomic mass is 10.1. The number of carboxylic acids is 1. The van der Waals surface area contributed by atoms with Crippen LogP contribution < -0.4 is 5.32 Å². The molecule has 1 aromatic carbocycles. The lowest BCUT2D eigenvalue weighted by Crippen LogP contribution is -2.39. The summed E-state index contributed by atoms with van der Waals surface area (Å²) >= 11 is 0. The van der Waals surface area contributed by atoms with Gasteiger partial charge in [0.05, 0.1) is 0 Å². The Morgan fingerprint density at radius 3 is 2.47 bits per heavy atom. The Balaban J connectivity index is 2.58. The van der Waals surface area contributed by atoms with Crippen molar-refractivity contribution in [3.63, 3.8) is 0 Å². The molecule has 3 N–H and O–H groups in total. The fraction of sp³-hybridized carbons (Fsp3) is 0.286. The molecule has 0 bridgehead atoms. The number of nitrogens with one attached hydrogen (secondary N) is 1. The SMILES string of the molecule is CCCC(NC(=O)/C=C/c1ccc(O)cc1)C(=O)O. The first-order valence-corrected chi connectivity index (χ1v) is 6.03. The minimum Gasteiger partial charge on any atom is -0.508 e. The van der Waals surface area contributed by atoms with Gasteiger partial charge in [-0.15, -0.1) is 0 Å². The Kier molecular flexibility index (Phi) is 5.60. The molecule has 102 valence electrons. The van der Waals surface area contributed by atoms with Crippen molar-refractivity contribution in [3.8, 4) is 5.75 Å². The van der Waals surface area contributed by atoms with E-state index in [9.17, 15) is 9.59 Å². The van der Waals surface area contributed by atoms with Crippen molar-refractivity contribution >= 4 is 18.0 Å². The van der Waals surface area contributed by atoms with Gasteiger partial charge in [0.2, 0.25) is 5.91 Å². The number of benzene rings is 1. The van der Waals surface area contributed by atoms with Gasteiger partial charge >= 0.3 is 5.97 Å². The molecule has 0 heterocycles. The van der Waals surface area contributed by atoms with Gasteiger partial charge in [-0.3, -0.25) is 4.79 Å². The van der Waals surface area contributed by atoms with Gasteiger partial charge in [0.1, 0.15) is 11.8 Å². The average Bonchev–Trinajstić information content (AvgIpc) is 2.37. The van der Waals surface area contributed by atoms with Crippen LogP contribution in [0.4, 0.5) is 0 Å². The molecule has 0 saturated heterocycles. The quantitative estimate of drug-likeness (QED) is 0.683. The molecule has 0 saturated carbocycles. The molecule has 1 amide bonds. The predicted octanol–water partition coefficient (Wildman–Crippen LogP) is 1.77. The van der Waals surface area contributed by atoms with E-state index in [0.29, 0.717) is 12.8 Å². The lowest BCUT2D eigenvalue weighted by molar-refractivity contribution is -0.141. The third-order valence-electron chi connectivity index (χ3n) is 2.51. The van der Waals surface area contributed by atoms with Crippen molar-refractivity contribution < 1.29 is 19.8 Å². The van der Waals surface area contributed by atoms with Crippen LogP contribution in [-0.4, -0.2) is 28.1 Å². The molecule has 1 aromatic rings. The number of aromatic hydroxyl groups is 1. The van der Waals surface area contributed by atoms with E-state index < -0.39 is 17.9 Å². The first-order valence-electron chi connectivity index (χ1n) is 6.03. The normalized spacial score (nSPS) is 12.3. The Morgan fingerprint density at radius 1 is 1.32 bits per heavy atom. The molecule has 0 radical (unpaired) electrons. The molecule has 0 aliphatic rings. The molecular formula is C14H17NO4. The van der Waals surface area contributed by atoms with Crippen LogP contribution >= 0.6 is 0 Å². The van der Waals surface area contributed by atoms with Gasteiger partial charge in [-0.25, -0.2) is 4.79 Å². The number of amides is 1. The number of hydrogen-bond donors (Lipinski definition) is 3. The highest BCUT2D eigenvalue weighted by Gasteiger charge is 2.17. The van der Waals surface area contributed by atoms with Gasteiger partial charge in [0.15, 0.2) is 0 Å². The maximum Gasteiger partial charge on any atom is 0.326 e. The zero-order valence-corrected chi connectivity index (χ0v) is 10.7. The zero-order chi connectivity index (χ0) is 14.3. The molecule has 0 fully saturated rings.